The Morgan fingerprint density at radius 1 is 0.355 bits per heavy atom. The molecule has 0 N–H and O–H groups in total. The van der Waals surface area contributed by atoms with Crippen molar-refractivity contribution in [3.05, 3.63) is 307 Å². The normalized spacial score (nSPS) is 14.1. The van der Waals surface area contributed by atoms with Crippen LogP contribution in [0.1, 0.15) is 47.2 Å². The summed E-state index contributed by atoms with van der Waals surface area (Å²) in [6.07, 6.45) is 3.87. The van der Waals surface area contributed by atoms with Crippen LogP contribution in [0.25, 0.3) is 66.4 Å². The Hall–Kier alpha value is -9.31. The molecule has 15 rings (SSSR count). The number of fused-ring (bicyclic) bond motifs is 9. The first-order valence-electron chi connectivity index (χ1n) is 26.6. The number of para-hydroxylation sites is 2. The second kappa shape index (κ2) is 17.1. The van der Waals surface area contributed by atoms with Gasteiger partial charge in [0.25, 0.3) is 0 Å². The van der Waals surface area contributed by atoms with Crippen LogP contribution in [0, 0.1) is 0 Å². The maximum atomic E-state index is 4.51. The molecule has 1 aromatic heterocycles. The Morgan fingerprint density at radius 3 is 1.54 bits per heavy atom. The molecule has 0 radical (unpaired) electrons. The van der Waals surface area contributed by atoms with Crippen molar-refractivity contribution in [3.63, 3.8) is 0 Å². The highest BCUT2D eigenvalue weighted by Crippen LogP contribution is 2.59. The molecule has 0 unspecified atom stereocenters. The van der Waals surface area contributed by atoms with E-state index in [1.54, 1.807) is 0 Å². The Balaban J connectivity index is 0.952. The molecule has 0 atom stereocenters. The zero-order valence-electron chi connectivity index (χ0n) is 42.5. The van der Waals surface area contributed by atoms with Gasteiger partial charge < -0.3 is 4.90 Å². The van der Waals surface area contributed by atoms with Crippen LogP contribution in [0.5, 0.6) is 0 Å². The number of hydrogen-bond acceptors (Lipinski definition) is 2. The number of nitrogens with zero attached hydrogens (tertiary/aromatic N) is 2. The quantitative estimate of drug-likeness (QED) is 0.148. The highest BCUT2D eigenvalue weighted by Gasteiger charge is 2.47. The van der Waals surface area contributed by atoms with Crippen LogP contribution in [-0.2, 0) is 10.8 Å². The molecular formula is C73H51BN2. The first-order valence-corrected chi connectivity index (χ1v) is 26.6. The van der Waals surface area contributed by atoms with Gasteiger partial charge in [-0.25, -0.2) is 0 Å². The molecule has 11 aromatic carbocycles. The Labute approximate surface area is 445 Å². The summed E-state index contributed by atoms with van der Waals surface area (Å²) in [4.78, 5) is 7.03. The molecule has 76 heavy (non-hydrogen) atoms. The second-order valence-corrected chi connectivity index (χ2v) is 21.3. The molecule has 0 fully saturated rings. The monoisotopic (exact) mass is 966 g/mol. The van der Waals surface area contributed by atoms with Gasteiger partial charge in [0.2, 0.25) is 6.71 Å². The van der Waals surface area contributed by atoms with Gasteiger partial charge in [-0.2, -0.15) is 0 Å². The molecular weight excluding hydrogens is 916 g/mol. The van der Waals surface area contributed by atoms with Crippen molar-refractivity contribution in [1.82, 2.24) is 4.98 Å². The zero-order valence-corrected chi connectivity index (χ0v) is 42.5. The summed E-state index contributed by atoms with van der Waals surface area (Å²) in [7, 11) is 0. The van der Waals surface area contributed by atoms with E-state index in [1.165, 1.54) is 128 Å². The van der Waals surface area contributed by atoms with Crippen molar-refractivity contribution in [2.24, 2.45) is 0 Å². The van der Waals surface area contributed by atoms with Crippen LogP contribution in [0.15, 0.2) is 273 Å². The number of hydrogen-bond donors (Lipinski definition) is 0. The van der Waals surface area contributed by atoms with Gasteiger partial charge in [-0.05, 0) is 136 Å². The van der Waals surface area contributed by atoms with E-state index in [-0.39, 0.29) is 12.1 Å². The lowest BCUT2D eigenvalue weighted by Gasteiger charge is -2.46. The van der Waals surface area contributed by atoms with Crippen molar-refractivity contribution in [1.29, 1.82) is 0 Å². The standard InChI is InChI=1S/C73H51BN2/c1-72(2)61-41-38-53(46-60(61)56-40-39-54(47-64(56)72)76-65-36-19-17-34-62(65)73(51-26-11-5-12-27-51,52-28-13-6-14-29-52)63-35-18-20-37-66(63)76)74-70-55(48-22-7-3-8-23-48)32-21-33-59(70)69-67(50-42-44-75-45-43-50)57-30-15-16-31-58(57)68(71(69)74)49-24-9-4-10-25-49/h3-47H,1-2H3. The summed E-state index contributed by atoms with van der Waals surface area (Å²) in [5.41, 5.74) is 27.1. The molecule has 3 aliphatic rings. The van der Waals surface area contributed by atoms with Gasteiger partial charge in [0.05, 0.1) is 16.8 Å². The summed E-state index contributed by atoms with van der Waals surface area (Å²) < 4.78 is 0. The lowest BCUT2D eigenvalue weighted by Crippen LogP contribution is -2.50. The summed E-state index contributed by atoms with van der Waals surface area (Å²) >= 11 is 0. The average Bonchev–Trinajstić information content (AvgIpc) is 4.13. The van der Waals surface area contributed by atoms with E-state index in [0.717, 1.165) is 5.69 Å². The van der Waals surface area contributed by atoms with Crippen LogP contribution in [0.3, 0.4) is 0 Å². The predicted octanol–water partition coefficient (Wildman–Crippen LogP) is 16.2. The van der Waals surface area contributed by atoms with E-state index in [4.69, 9.17) is 0 Å². The summed E-state index contributed by atoms with van der Waals surface area (Å²) in [6.45, 7) is 4.77. The summed E-state index contributed by atoms with van der Waals surface area (Å²) in [5, 5.41) is 2.50. The highest BCUT2D eigenvalue weighted by atomic mass is 15.2. The number of pyridine rings is 1. The third-order valence-electron chi connectivity index (χ3n) is 17.1. The fraction of sp³-hybridized carbons (Fsp3) is 0.0548. The SMILES string of the molecule is CC1(C)c2ccc(B3c4c(-c5ccccc5)cccc4-c4c3c(-c3ccccc3)c3ccccc3c4-c3ccncc3)cc2-c2ccc(N3c4ccccc4C(c4ccccc4)(c4ccccc4)c4ccccc43)cc21. The van der Waals surface area contributed by atoms with Crippen LogP contribution in [0.2, 0.25) is 0 Å². The fourth-order valence-corrected chi connectivity index (χ4v) is 14.0. The van der Waals surface area contributed by atoms with Crippen molar-refractivity contribution >= 4 is 50.9 Å². The van der Waals surface area contributed by atoms with Crippen molar-refractivity contribution in [2.75, 3.05) is 4.90 Å². The minimum absolute atomic E-state index is 0.0746. The van der Waals surface area contributed by atoms with Gasteiger partial charge in [0, 0.05) is 23.5 Å². The first kappa shape index (κ1) is 44.2. The number of benzene rings is 11. The second-order valence-electron chi connectivity index (χ2n) is 21.3. The topological polar surface area (TPSA) is 16.1 Å². The smallest absolute Gasteiger partial charge is 0.244 e. The lowest BCUT2D eigenvalue weighted by molar-refractivity contribution is 0.660. The Kier molecular flexibility index (Phi) is 9.96. The lowest BCUT2D eigenvalue weighted by atomic mass is 9.37. The molecule has 0 saturated heterocycles. The highest BCUT2D eigenvalue weighted by molar-refractivity contribution is 7.01. The third kappa shape index (κ3) is 6.33. The van der Waals surface area contributed by atoms with Gasteiger partial charge >= 0.3 is 0 Å². The third-order valence-corrected chi connectivity index (χ3v) is 17.1. The van der Waals surface area contributed by atoms with Crippen LogP contribution < -0.4 is 21.3 Å². The summed E-state index contributed by atoms with van der Waals surface area (Å²) in [5.74, 6) is 0. The predicted molar refractivity (Wildman–Crippen MR) is 319 cm³/mol. The van der Waals surface area contributed by atoms with E-state index in [9.17, 15) is 0 Å². The molecule has 0 saturated carbocycles. The maximum Gasteiger partial charge on any atom is 0.244 e. The number of aromatic nitrogens is 1. The first-order chi connectivity index (χ1) is 37.5. The van der Waals surface area contributed by atoms with Crippen LogP contribution in [0.4, 0.5) is 17.1 Å². The van der Waals surface area contributed by atoms with Gasteiger partial charge in [-0.1, -0.05) is 255 Å². The van der Waals surface area contributed by atoms with E-state index in [2.05, 4.69) is 285 Å². The molecule has 3 heterocycles. The Bertz CT molecular complexity index is 4160. The van der Waals surface area contributed by atoms with Gasteiger partial charge in [0.1, 0.15) is 0 Å². The molecule has 0 amide bonds. The molecule has 0 bridgehead atoms. The molecule has 1 aliphatic carbocycles. The van der Waals surface area contributed by atoms with Gasteiger partial charge in [-0.15, -0.1) is 0 Å². The van der Waals surface area contributed by atoms with E-state index in [1.807, 2.05) is 12.4 Å². The fourth-order valence-electron chi connectivity index (χ4n) is 14.0. The molecule has 356 valence electrons. The Morgan fingerprint density at radius 2 is 0.895 bits per heavy atom. The largest absolute Gasteiger partial charge is 0.310 e. The number of anilines is 3. The molecule has 0 spiro atoms. The minimum atomic E-state index is -0.529. The molecule has 2 aliphatic heterocycles. The zero-order chi connectivity index (χ0) is 50.5. The molecule has 12 aromatic rings. The number of rotatable bonds is 7. The van der Waals surface area contributed by atoms with Crippen molar-refractivity contribution < 1.29 is 0 Å². The summed E-state index contributed by atoms with van der Waals surface area (Å²) in [6, 6.07) is 97.6. The average molecular weight is 967 g/mol. The van der Waals surface area contributed by atoms with Crippen LogP contribution in [-0.4, -0.2) is 11.7 Å². The van der Waals surface area contributed by atoms with Crippen molar-refractivity contribution in [2.45, 2.75) is 24.7 Å². The molecule has 3 heteroatoms. The van der Waals surface area contributed by atoms with Crippen LogP contribution >= 0.6 is 0 Å². The van der Waals surface area contributed by atoms with Crippen molar-refractivity contribution in [3.8, 4) is 55.6 Å². The van der Waals surface area contributed by atoms with E-state index >= 15 is 0 Å². The van der Waals surface area contributed by atoms with E-state index in [0.29, 0.717) is 0 Å². The van der Waals surface area contributed by atoms with Gasteiger partial charge in [-0.3, -0.25) is 4.98 Å². The molecule has 2 nitrogen and oxygen atoms in total. The van der Waals surface area contributed by atoms with Gasteiger partial charge in [0.15, 0.2) is 0 Å². The maximum absolute atomic E-state index is 4.51. The minimum Gasteiger partial charge on any atom is -0.310 e. The van der Waals surface area contributed by atoms with E-state index < -0.39 is 5.41 Å².